The Balaban J connectivity index is 2.05. The molecule has 1 N–H and O–H groups in total. The van der Waals surface area contributed by atoms with E-state index in [1.807, 2.05) is 12.1 Å². The molecule has 0 spiro atoms. The maximum absolute atomic E-state index is 9.29. The molecule has 1 aliphatic heterocycles. The normalized spacial score (nSPS) is 22.6. The van der Waals surface area contributed by atoms with Crippen molar-refractivity contribution in [3.63, 3.8) is 0 Å². The molecule has 0 aromatic heterocycles. The molecule has 1 atom stereocenters. The molecule has 5 heteroatoms. The van der Waals surface area contributed by atoms with Gasteiger partial charge in [-0.2, -0.15) is 0 Å². The number of allylic oxidation sites excluding steroid dienone is 2. The summed E-state index contributed by atoms with van der Waals surface area (Å²) in [6.07, 6.45) is 6.17. The Hall–Kier alpha value is -0.450. The Labute approximate surface area is 139 Å². The molecule has 0 radical (unpaired) electrons. The molecule has 2 aliphatic rings. The summed E-state index contributed by atoms with van der Waals surface area (Å²) in [5.41, 5.74) is 3.76. The van der Waals surface area contributed by atoms with Gasteiger partial charge in [0.1, 0.15) is 0 Å². The lowest BCUT2D eigenvalue weighted by atomic mass is 9.81. The Kier molecular flexibility index (Phi) is 4.67. The second kappa shape index (κ2) is 6.35. The van der Waals surface area contributed by atoms with Gasteiger partial charge < -0.3 is 9.45 Å². The fraction of sp³-hybridized carbons (Fsp3) is 0.375. The SMILES string of the molecule is CN1Cc2c(Cl)cc(Cl)cc2[C@H](C2=CC(SO)=CCC2)C1. The summed E-state index contributed by atoms with van der Waals surface area (Å²) in [5, 5.41) is 1.44. The minimum absolute atomic E-state index is 0.297. The number of hydrogen-bond donors (Lipinski definition) is 1. The average molecular weight is 342 g/mol. The smallest absolute Gasteiger partial charge is 0.0468 e. The summed E-state index contributed by atoms with van der Waals surface area (Å²) in [4.78, 5) is 3.22. The van der Waals surface area contributed by atoms with Gasteiger partial charge in [0.25, 0.3) is 0 Å². The van der Waals surface area contributed by atoms with Crippen LogP contribution in [0, 0.1) is 0 Å². The maximum atomic E-state index is 9.29. The molecule has 0 saturated carbocycles. The first-order chi connectivity index (χ1) is 10.1. The molecule has 0 saturated heterocycles. The molecule has 0 unspecified atom stereocenters. The highest BCUT2D eigenvalue weighted by Gasteiger charge is 2.28. The van der Waals surface area contributed by atoms with Gasteiger partial charge in [0, 0.05) is 46.0 Å². The highest BCUT2D eigenvalue weighted by atomic mass is 35.5. The third-order valence-electron chi connectivity index (χ3n) is 4.15. The van der Waals surface area contributed by atoms with E-state index in [0.29, 0.717) is 10.9 Å². The maximum Gasteiger partial charge on any atom is 0.0468 e. The molecule has 1 aromatic carbocycles. The van der Waals surface area contributed by atoms with E-state index >= 15 is 0 Å². The zero-order valence-corrected chi connectivity index (χ0v) is 14.1. The van der Waals surface area contributed by atoms with Crippen LogP contribution in [0.5, 0.6) is 0 Å². The first kappa shape index (κ1) is 15.4. The molecule has 2 nitrogen and oxygen atoms in total. The molecule has 1 aliphatic carbocycles. The number of hydrogen-bond acceptors (Lipinski definition) is 3. The standard InChI is InChI=1S/C16H17Cl2NOS/c1-19-8-14(10-3-2-4-12(5-10)21-20)13-6-11(17)7-16(18)15(13)9-19/h4-7,14,20H,2-3,8-9H2,1H3/t14-/m0/s1. The fourth-order valence-corrected chi connectivity index (χ4v) is 4.16. The van der Waals surface area contributed by atoms with E-state index in [0.717, 1.165) is 47.9 Å². The van der Waals surface area contributed by atoms with Crippen LogP contribution in [0.1, 0.15) is 29.9 Å². The molecule has 3 rings (SSSR count). The molecular weight excluding hydrogens is 325 g/mol. The van der Waals surface area contributed by atoms with Crippen LogP contribution in [-0.2, 0) is 6.54 Å². The number of benzene rings is 1. The first-order valence-corrected chi connectivity index (χ1v) is 8.50. The summed E-state index contributed by atoms with van der Waals surface area (Å²) >= 11 is 13.4. The van der Waals surface area contributed by atoms with E-state index in [9.17, 15) is 4.55 Å². The summed E-state index contributed by atoms with van der Waals surface area (Å²) in [7, 11) is 2.11. The van der Waals surface area contributed by atoms with Crippen LogP contribution in [0.25, 0.3) is 0 Å². The lowest BCUT2D eigenvalue weighted by Crippen LogP contribution is -2.31. The third-order valence-corrected chi connectivity index (χ3v) is 5.20. The quantitative estimate of drug-likeness (QED) is 0.735. The lowest BCUT2D eigenvalue weighted by molar-refractivity contribution is 0.292. The van der Waals surface area contributed by atoms with Crippen molar-refractivity contribution >= 4 is 35.2 Å². The Bertz CT molecular complexity index is 627. The average Bonchev–Trinajstić information content (AvgIpc) is 2.47. The number of likely N-dealkylation sites (N-methyl/N-ethyl adjacent to an activating group) is 1. The van der Waals surface area contributed by atoms with Gasteiger partial charge in [-0.05, 0) is 49.2 Å². The number of fused-ring (bicyclic) bond motifs is 1. The van der Waals surface area contributed by atoms with Crippen LogP contribution in [0.2, 0.25) is 10.0 Å². The van der Waals surface area contributed by atoms with Crippen molar-refractivity contribution in [2.24, 2.45) is 0 Å². The molecule has 1 aromatic rings. The van der Waals surface area contributed by atoms with Crippen molar-refractivity contribution in [3.8, 4) is 0 Å². The summed E-state index contributed by atoms with van der Waals surface area (Å²) < 4.78 is 9.29. The molecule has 0 amide bonds. The van der Waals surface area contributed by atoms with Crippen LogP contribution in [0.3, 0.4) is 0 Å². The Morgan fingerprint density at radius 2 is 2.14 bits per heavy atom. The Morgan fingerprint density at radius 1 is 1.33 bits per heavy atom. The summed E-state index contributed by atoms with van der Waals surface area (Å²) in [6.45, 7) is 1.81. The van der Waals surface area contributed by atoms with Crippen LogP contribution in [0.4, 0.5) is 0 Å². The fourth-order valence-electron chi connectivity index (χ4n) is 3.20. The van der Waals surface area contributed by atoms with E-state index in [2.05, 4.69) is 24.1 Å². The van der Waals surface area contributed by atoms with Crippen LogP contribution in [-0.4, -0.2) is 23.0 Å². The van der Waals surface area contributed by atoms with E-state index < -0.39 is 0 Å². The molecule has 1 heterocycles. The van der Waals surface area contributed by atoms with E-state index in [-0.39, 0.29) is 0 Å². The molecule has 112 valence electrons. The van der Waals surface area contributed by atoms with Gasteiger partial charge in [0.15, 0.2) is 0 Å². The van der Waals surface area contributed by atoms with Gasteiger partial charge in [0.2, 0.25) is 0 Å². The third kappa shape index (κ3) is 3.17. The molecular formula is C16H17Cl2NOS. The largest absolute Gasteiger partial charge is 0.325 e. The highest BCUT2D eigenvalue weighted by molar-refractivity contribution is 7.97. The monoisotopic (exact) mass is 341 g/mol. The van der Waals surface area contributed by atoms with Crippen molar-refractivity contribution in [2.45, 2.75) is 25.3 Å². The van der Waals surface area contributed by atoms with Crippen molar-refractivity contribution in [1.82, 2.24) is 4.90 Å². The number of rotatable bonds is 2. The molecule has 0 bridgehead atoms. The minimum Gasteiger partial charge on any atom is -0.325 e. The van der Waals surface area contributed by atoms with E-state index in [4.69, 9.17) is 23.2 Å². The van der Waals surface area contributed by atoms with Gasteiger partial charge in [0.05, 0.1) is 0 Å². The van der Waals surface area contributed by atoms with Gasteiger partial charge in [-0.25, -0.2) is 0 Å². The van der Waals surface area contributed by atoms with Crippen LogP contribution in [0.15, 0.2) is 34.8 Å². The van der Waals surface area contributed by atoms with Gasteiger partial charge in [-0.3, -0.25) is 0 Å². The topological polar surface area (TPSA) is 23.5 Å². The highest BCUT2D eigenvalue weighted by Crippen LogP contribution is 2.41. The second-order valence-electron chi connectivity index (χ2n) is 5.66. The zero-order valence-electron chi connectivity index (χ0n) is 11.8. The summed E-state index contributed by atoms with van der Waals surface area (Å²) in [6, 6.07) is 3.87. The van der Waals surface area contributed by atoms with Crippen LogP contribution >= 0.6 is 35.2 Å². The number of nitrogens with zero attached hydrogens (tertiary/aromatic N) is 1. The van der Waals surface area contributed by atoms with E-state index in [1.54, 1.807) is 0 Å². The lowest BCUT2D eigenvalue weighted by Gasteiger charge is -2.35. The van der Waals surface area contributed by atoms with Crippen molar-refractivity contribution in [1.29, 1.82) is 0 Å². The summed E-state index contributed by atoms with van der Waals surface area (Å²) in [5.74, 6) is 0.297. The van der Waals surface area contributed by atoms with Gasteiger partial charge in [-0.1, -0.05) is 34.9 Å². The van der Waals surface area contributed by atoms with Crippen molar-refractivity contribution < 1.29 is 4.55 Å². The predicted molar refractivity (Wildman–Crippen MR) is 91.2 cm³/mol. The van der Waals surface area contributed by atoms with E-state index in [1.165, 1.54) is 16.7 Å². The van der Waals surface area contributed by atoms with Gasteiger partial charge in [-0.15, -0.1) is 0 Å². The molecule has 21 heavy (non-hydrogen) atoms. The van der Waals surface area contributed by atoms with Gasteiger partial charge >= 0.3 is 0 Å². The second-order valence-corrected chi connectivity index (χ2v) is 7.16. The molecule has 0 fully saturated rings. The van der Waals surface area contributed by atoms with Crippen molar-refractivity contribution in [3.05, 3.63) is 55.9 Å². The number of halogens is 2. The zero-order chi connectivity index (χ0) is 15.0. The predicted octanol–water partition coefficient (Wildman–Crippen LogP) is 5.33. The Morgan fingerprint density at radius 3 is 2.90 bits per heavy atom. The first-order valence-electron chi connectivity index (χ1n) is 6.97. The van der Waals surface area contributed by atoms with Crippen molar-refractivity contribution in [2.75, 3.05) is 13.6 Å². The van der Waals surface area contributed by atoms with Crippen LogP contribution < -0.4 is 0 Å². The minimum atomic E-state index is 0.297.